The summed E-state index contributed by atoms with van der Waals surface area (Å²) in [5, 5.41) is 15.2. The van der Waals surface area contributed by atoms with Crippen molar-refractivity contribution < 1.29 is 14.9 Å². The van der Waals surface area contributed by atoms with E-state index in [-0.39, 0.29) is 13.2 Å². The number of aliphatic hydroxyl groups excluding tert-OH is 2. The molecular weight excluding hydrogens is 192 g/mol. The molecule has 0 rings (SSSR count). The second-order valence-corrected chi connectivity index (χ2v) is 1.73. The van der Waals surface area contributed by atoms with E-state index in [2.05, 4.69) is 31.1 Å². The fraction of sp³-hybridized carbons (Fsp3) is 0.333. The molecule has 0 radical (unpaired) electrons. The first-order valence-electron chi connectivity index (χ1n) is 4.39. The molecule has 0 fully saturated rings. The molecule has 0 bridgehead atoms. The summed E-state index contributed by atoms with van der Waals surface area (Å²) in [5.74, 6) is 0. The maximum Gasteiger partial charge on any atom is 0.0829 e. The normalized spacial score (nSPS) is 5.60. The van der Waals surface area contributed by atoms with Gasteiger partial charge in [0.05, 0.1) is 25.7 Å². The molecule has 0 amide bonds. The van der Waals surface area contributed by atoms with Gasteiger partial charge in [0.15, 0.2) is 0 Å². The van der Waals surface area contributed by atoms with Crippen LogP contribution in [0, 0.1) is 0 Å². The molecule has 0 aliphatic carbocycles. The topological polar surface area (TPSA) is 49.7 Å². The number of allylic oxidation sites excluding steroid dienone is 2. The molecule has 0 aliphatic heterocycles. The van der Waals surface area contributed by atoms with Crippen LogP contribution in [0.4, 0.5) is 0 Å². The van der Waals surface area contributed by atoms with Crippen molar-refractivity contribution in [1.29, 1.82) is 0 Å². The van der Waals surface area contributed by atoms with Crippen LogP contribution >= 0.6 is 0 Å². The van der Waals surface area contributed by atoms with Crippen LogP contribution in [0.3, 0.4) is 0 Å². The van der Waals surface area contributed by atoms with Crippen LogP contribution in [0.15, 0.2) is 51.0 Å². The predicted molar refractivity (Wildman–Crippen MR) is 67.4 cm³/mol. The Balaban J connectivity index is -0.0000000553. The minimum atomic E-state index is -0.125. The number of ether oxygens (including phenoxy) is 1. The third-order valence-electron chi connectivity index (χ3n) is 0.292. The SMILES string of the molecule is C=CC.C=CC.C=COC=C.OCCO. The number of rotatable bonds is 3. The highest BCUT2D eigenvalue weighted by molar-refractivity contribution is 4.57. The van der Waals surface area contributed by atoms with Gasteiger partial charge in [0.2, 0.25) is 0 Å². The molecule has 0 saturated heterocycles. The van der Waals surface area contributed by atoms with Crippen LogP contribution in [0.5, 0.6) is 0 Å². The Morgan fingerprint density at radius 3 is 1.07 bits per heavy atom. The second-order valence-electron chi connectivity index (χ2n) is 1.73. The third kappa shape index (κ3) is 512. The number of aliphatic hydroxyl groups is 2. The summed E-state index contributed by atoms with van der Waals surface area (Å²) in [6.07, 6.45) is 6.12. The van der Waals surface area contributed by atoms with Gasteiger partial charge in [-0.2, -0.15) is 0 Å². The summed E-state index contributed by atoms with van der Waals surface area (Å²) in [4.78, 5) is 0. The third-order valence-corrected chi connectivity index (χ3v) is 0.292. The Morgan fingerprint density at radius 2 is 1.07 bits per heavy atom. The first kappa shape index (κ1) is 23.5. The quantitative estimate of drug-likeness (QED) is 0.563. The van der Waals surface area contributed by atoms with Crippen LogP contribution in [-0.4, -0.2) is 23.4 Å². The van der Waals surface area contributed by atoms with Gasteiger partial charge in [-0.05, 0) is 13.8 Å². The highest BCUT2D eigenvalue weighted by Crippen LogP contribution is 1.65. The molecule has 3 heteroatoms. The lowest BCUT2D eigenvalue weighted by Crippen LogP contribution is -1.85. The summed E-state index contributed by atoms with van der Waals surface area (Å²) >= 11 is 0. The van der Waals surface area contributed by atoms with Gasteiger partial charge in [-0.3, -0.25) is 0 Å². The molecule has 0 aliphatic rings. The van der Waals surface area contributed by atoms with Gasteiger partial charge in [-0.25, -0.2) is 0 Å². The predicted octanol–water partition coefficient (Wildman–Crippen LogP) is 2.65. The van der Waals surface area contributed by atoms with Gasteiger partial charge >= 0.3 is 0 Å². The zero-order chi connectivity index (χ0) is 12.9. The van der Waals surface area contributed by atoms with Crippen molar-refractivity contribution in [2.45, 2.75) is 13.8 Å². The summed E-state index contributed by atoms with van der Waals surface area (Å²) in [7, 11) is 0. The fourth-order valence-corrected chi connectivity index (χ4v) is 0.0680. The maximum absolute atomic E-state index is 7.62. The van der Waals surface area contributed by atoms with Crippen LogP contribution in [0.25, 0.3) is 0 Å². The maximum atomic E-state index is 7.62. The van der Waals surface area contributed by atoms with Crippen molar-refractivity contribution in [3.63, 3.8) is 0 Å². The Kier molecular flexibility index (Phi) is 83.9. The van der Waals surface area contributed by atoms with E-state index < -0.39 is 0 Å². The zero-order valence-corrected chi connectivity index (χ0v) is 9.85. The van der Waals surface area contributed by atoms with Gasteiger partial charge in [-0.15, -0.1) is 13.2 Å². The molecule has 0 heterocycles. The molecule has 0 atom stereocenters. The monoisotopic (exact) mass is 216 g/mol. The largest absolute Gasteiger partial charge is 0.474 e. The molecule has 0 spiro atoms. The van der Waals surface area contributed by atoms with Crippen LogP contribution < -0.4 is 0 Å². The molecule has 0 aromatic heterocycles. The fourth-order valence-electron chi connectivity index (χ4n) is 0.0680. The smallest absolute Gasteiger partial charge is 0.0829 e. The highest BCUT2D eigenvalue weighted by atomic mass is 16.5. The van der Waals surface area contributed by atoms with E-state index in [4.69, 9.17) is 10.2 Å². The molecule has 0 unspecified atom stereocenters. The molecule has 0 saturated carbocycles. The Morgan fingerprint density at radius 1 is 0.867 bits per heavy atom. The van der Waals surface area contributed by atoms with Gasteiger partial charge in [-0.1, -0.05) is 25.3 Å². The molecular formula is C12H24O3. The lowest BCUT2D eigenvalue weighted by atomic mass is 10.8. The molecule has 0 aromatic rings. The van der Waals surface area contributed by atoms with E-state index in [1.165, 1.54) is 12.5 Å². The Labute approximate surface area is 93.7 Å². The van der Waals surface area contributed by atoms with Crippen molar-refractivity contribution in [1.82, 2.24) is 0 Å². The Hall–Kier alpha value is -1.32. The average molecular weight is 216 g/mol. The molecule has 90 valence electrons. The molecule has 2 N–H and O–H groups in total. The Bertz CT molecular complexity index is 106. The zero-order valence-electron chi connectivity index (χ0n) is 9.85. The van der Waals surface area contributed by atoms with Crippen LogP contribution in [0.2, 0.25) is 0 Å². The average Bonchev–Trinajstić information content (AvgIpc) is 2.22. The van der Waals surface area contributed by atoms with Crippen LogP contribution in [0.1, 0.15) is 13.8 Å². The summed E-state index contributed by atoms with van der Waals surface area (Å²) < 4.78 is 4.36. The number of hydrogen-bond acceptors (Lipinski definition) is 3. The van der Waals surface area contributed by atoms with Crippen molar-refractivity contribution >= 4 is 0 Å². The standard InChI is InChI=1S/C4H6O.2C3H6.C2H6O2/c1-3-5-4-2;2*1-3-2;3-1-2-4/h3-4H,1-2H2;2*3H,1H2,2H3;3-4H,1-2H2. The summed E-state index contributed by atoms with van der Waals surface area (Å²) in [6, 6.07) is 0. The lowest BCUT2D eigenvalue weighted by Gasteiger charge is -1.76. The van der Waals surface area contributed by atoms with Gasteiger partial charge < -0.3 is 14.9 Å². The van der Waals surface area contributed by atoms with Gasteiger partial charge in [0, 0.05) is 0 Å². The van der Waals surface area contributed by atoms with Crippen molar-refractivity contribution in [3.05, 3.63) is 51.0 Å². The van der Waals surface area contributed by atoms with E-state index in [1.807, 2.05) is 13.8 Å². The minimum Gasteiger partial charge on any atom is -0.474 e. The van der Waals surface area contributed by atoms with Crippen molar-refractivity contribution in [3.8, 4) is 0 Å². The number of hydrogen-bond donors (Lipinski definition) is 2. The van der Waals surface area contributed by atoms with E-state index in [0.29, 0.717) is 0 Å². The highest BCUT2D eigenvalue weighted by Gasteiger charge is 1.58. The van der Waals surface area contributed by atoms with E-state index in [0.717, 1.165) is 0 Å². The first-order valence-corrected chi connectivity index (χ1v) is 4.39. The van der Waals surface area contributed by atoms with E-state index >= 15 is 0 Å². The molecule has 3 nitrogen and oxygen atoms in total. The lowest BCUT2D eigenvalue weighted by molar-refractivity contribution is 0.186. The molecule has 0 aromatic carbocycles. The van der Waals surface area contributed by atoms with E-state index in [1.54, 1.807) is 12.2 Å². The minimum absolute atomic E-state index is 0.125. The van der Waals surface area contributed by atoms with Crippen molar-refractivity contribution in [2.75, 3.05) is 13.2 Å². The van der Waals surface area contributed by atoms with Crippen LogP contribution in [-0.2, 0) is 4.74 Å². The van der Waals surface area contributed by atoms with Crippen molar-refractivity contribution in [2.24, 2.45) is 0 Å². The van der Waals surface area contributed by atoms with Gasteiger partial charge in [0.25, 0.3) is 0 Å². The summed E-state index contributed by atoms with van der Waals surface area (Å²) in [6.45, 7) is 16.8. The van der Waals surface area contributed by atoms with E-state index in [9.17, 15) is 0 Å². The summed E-state index contributed by atoms with van der Waals surface area (Å²) in [5.41, 5.74) is 0. The first-order chi connectivity index (χ1) is 7.16. The molecule has 15 heavy (non-hydrogen) atoms. The van der Waals surface area contributed by atoms with Gasteiger partial charge in [0.1, 0.15) is 0 Å². The second kappa shape index (κ2) is 53.6.